The summed E-state index contributed by atoms with van der Waals surface area (Å²) in [6.45, 7) is 5.32. The van der Waals surface area contributed by atoms with E-state index in [4.69, 9.17) is 9.84 Å². The molecule has 0 fully saturated rings. The summed E-state index contributed by atoms with van der Waals surface area (Å²) in [7, 11) is 0. The molecule has 0 aromatic rings. The average molecular weight is 372 g/mol. The summed E-state index contributed by atoms with van der Waals surface area (Å²) in [6, 6.07) is 0. The smallest absolute Gasteiger partial charge is 0.305 e. The third kappa shape index (κ3) is 21.4. The van der Waals surface area contributed by atoms with Crippen LogP contribution in [0, 0.1) is 0 Å². The fraction of sp³-hybridized carbons (Fsp3) is 0.955. The zero-order valence-corrected chi connectivity index (χ0v) is 17.4. The fourth-order valence-electron chi connectivity index (χ4n) is 3.03. The summed E-state index contributed by atoms with van der Waals surface area (Å²) in [4.78, 5) is 11.6. The van der Waals surface area contributed by atoms with Gasteiger partial charge in [-0.05, 0) is 51.6 Å². The van der Waals surface area contributed by atoms with Gasteiger partial charge in [-0.3, -0.25) is 4.79 Å². The van der Waals surface area contributed by atoms with Gasteiger partial charge in [-0.2, -0.15) is 0 Å². The lowest BCUT2D eigenvalue weighted by molar-refractivity contribution is -0.143. The Balaban J connectivity index is 3.11. The van der Waals surface area contributed by atoms with E-state index in [9.17, 15) is 4.79 Å². The molecule has 4 heteroatoms. The SMILES string of the molecule is CCCCCCCCC(=O)OCCCCCCCCNCCCCCO. The predicted octanol–water partition coefficient (Wildman–Crippen LogP) is 5.37. The van der Waals surface area contributed by atoms with Crippen LogP contribution in [-0.4, -0.2) is 37.4 Å². The lowest BCUT2D eigenvalue weighted by Crippen LogP contribution is -2.16. The average Bonchev–Trinajstić information content (AvgIpc) is 2.65. The van der Waals surface area contributed by atoms with Crippen LogP contribution >= 0.6 is 0 Å². The first-order valence-corrected chi connectivity index (χ1v) is 11.3. The molecule has 0 spiro atoms. The summed E-state index contributed by atoms with van der Waals surface area (Å²) in [5.41, 5.74) is 0. The van der Waals surface area contributed by atoms with Crippen molar-refractivity contribution >= 4 is 5.97 Å². The van der Waals surface area contributed by atoms with Crippen molar-refractivity contribution < 1.29 is 14.6 Å². The van der Waals surface area contributed by atoms with E-state index in [0.717, 1.165) is 51.6 Å². The summed E-state index contributed by atoms with van der Waals surface area (Å²) in [6.07, 6.45) is 18.3. The van der Waals surface area contributed by atoms with Gasteiger partial charge in [0.1, 0.15) is 0 Å². The van der Waals surface area contributed by atoms with Crippen molar-refractivity contribution in [3.8, 4) is 0 Å². The number of hydrogen-bond donors (Lipinski definition) is 2. The van der Waals surface area contributed by atoms with Crippen molar-refractivity contribution in [3.05, 3.63) is 0 Å². The second kappa shape index (κ2) is 22.4. The maximum atomic E-state index is 11.6. The third-order valence-corrected chi connectivity index (χ3v) is 4.76. The summed E-state index contributed by atoms with van der Waals surface area (Å²) < 4.78 is 5.31. The Labute approximate surface area is 162 Å². The van der Waals surface area contributed by atoms with Crippen molar-refractivity contribution in [3.63, 3.8) is 0 Å². The number of rotatable bonds is 21. The van der Waals surface area contributed by atoms with E-state index < -0.39 is 0 Å². The highest BCUT2D eigenvalue weighted by molar-refractivity contribution is 5.69. The molecule has 0 bridgehead atoms. The van der Waals surface area contributed by atoms with Gasteiger partial charge in [0.15, 0.2) is 0 Å². The van der Waals surface area contributed by atoms with Gasteiger partial charge >= 0.3 is 5.97 Å². The van der Waals surface area contributed by atoms with E-state index in [1.165, 1.54) is 57.8 Å². The largest absolute Gasteiger partial charge is 0.466 e. The van der Waals surface area contributed by atoms with E-state index in [1.807, 2.05) is 0 Å². The Hall–Kier alpha value is -0.610. The Kier molecular flexibility index (Phi) is 21.9. The molecule has 0 saturated carbocycles. The molecule has 0 aliphatic heterocycles. The van der Waals surface area contributed by atoms with Gasteiger partial charge in [0.2, 0.25) is 0 Å². The Morgan fingerprint density at radius 3 is 1.92 bits per heavy atom. The molecule has 0 heterocycles. The molecular formula is C22H45NO3. The van der Waals surface area contributed by atoms with Crippen molar-refractivity contribution in [2.24, 2.45) is 0 Å². The molecule has 4 nitrogen and oxygen atoms in total. The normalized spacial score (nSPS) is 11.0. The lowest BCUT2D eigenvalue weighted by Gasteiger charge is -2.06. The fourth-order valence-corrected chi connectivity index (χ4v) is 3.03. The molecular weight excluding hydrogens is 326 g/mol. The van der Waals surface area contributed by atoms with Crippen LogP contribution < -0.4 is 5.32 Å². The van der Waals surface area contributed by atoms with Crippen molar-refractivity contribution in [1.29, 1.82) is 0 Å². The van der Waals surface area contributed by atoms with Gasteiger partial charge in [0, 0.05) is 13.0 Å². The minimum Gasteiger partial charge on any atom is -0.466 e. The van der Waals surface area contributed by atoms with Crippen LogP contribution in [0.25, 0.3) is 0 Å². The number of aliphatic hydroxyl groups excluding tert-OH is 1. The van der Waals surface area contributed by atoms with Crippen LogP contribution in [0.5, 0.6) is 0 Å². The standard InChI is InChI=1S/C22H45NO3/c1-2-3-4-5-8-12-17-22(25)26-21-16-10-7-6-9-13-18-23-19-14-11-15-20-24/h23-24H,2-21H2,1H3. The summed E-state index contributed by atoms with van der Waals surface area (Å²) in [5, 5.41) is 12.2. The van der Waals surface area contributed by atoms with Crippen LogP contribution in [0.3, 0.4) is 0 Å². The number of carbonyl (C=O) groups is 1. The molecule has 0 radical (unpaired) electrons. The van der Waals surface area contributed by atoms with Gasteiger partial charge in [-0.1, -0.05) is 64.7 Å². The highest BCUT2D eigenvalue weighted by Gasteiger charge is 2.02. The zero-order chi connectivity index (χ0) is 19.1. The molecule has 0 amide bonds. The van der Waals surface area contributed by atoms with Crippen LogP contribution in [0.2, 0.25) is 0 Å². The minimum absolute atomic E-state index is 0.00875. The second-order valence-electron chi connectivity index (χ2n) is 7.39. The monoisotopic (exact) mass is 371 g/mol. The molecule has 2 N–H and O–H groups in total. The molecule has 0 saturated heterocycles. The van der Waals surface area contributed by atoms with Gasteiger partial charge in [-0.15, -0.1) is 0 Å². The van der Waals surface area contributed by atoms with Crippen LogP contribution in [0.1, 0.15) is 110 Å². The molecule has 26 heavy (non-hydrogen) atoms. The van der Waals surface area contributed by atoms with Gasteiger partial charge < -0.3 is 15.2 Å². The molecule has 0 atom stereocenters. The molecule has 0 aromatic heterocycles. The topological polar surface area (TPSA) is 58.6 Å². The zero-order valence-electron chi connectivity index (χ0n) is 17.4. The number of unbranched alkanes of at least 4 members (excludes halogenated alkanes) is 12. The molecule has 156 valence electrons. The van der Waals surface area contributed by atoms with Gasteiger partial charge in [0.05, 0.1) is 6.61 Å². The quantitative estimate of drug-likeness (QED) is 0.210. The highest BCUT2D eigenvalue weighted by Crippen LogP contribution is 2.08. The first kappa shape index (κ1) is 25.4. The molecule has 0 aromatic carbocycles. The van der Waals surface area contributed by atoms with E-state index >= 15 is 0 Å². The maximum Gasteiger partial charge on any atom is 0.305 e. The Morgan fingerprint density at radius 2 is 1.27 bits per heavy atom. The van der Waals surface area contributed by atoms with Gasteiger partial charge in [-0.25, -0.2) is 0 Å². The Bertz CT molecular complexity index is 285. The maximum absolute atomic E-state index is 11.6. The molecule has 0 unspecified atom stereocenters. The molecule has 0 aliphatic carbocycles. The number of carbonyl (C=O) groups excluding carboxylic acids is 1. The third-order valence-electron chi connectivity index (χ3n) is 4.76. The van der Waals surface area contributed by atoms with Crippen molar-refractivity contribution in [1.82, 2.24) is 5.32 Å². The van der Waals surface area contributed by atoms with Crippen LogP contribution in [0.4, 0.5) is 0 Å². The highest BCUT2D eigenvalue weighted by atomic mass is 16.5. The molecule has 0 aliphatic rings. The van der Waals surface area contributed by atoms with E-state index in [2.05, 4.69) is 12.2 Å². The minimum atomic E-state index is -0.00875. The number of aliphatic hydroxyl groups is 1. The van der Waals surface area contributed by atoms with E-state index in [-0.39, 0.29) is 5.97 Å². The summed E-state index contributed by atoms with van der Waals surface area (Å²) in [5.74, 6) is -0.00875. The van der Waals surface area contributed by atoms with Crippen LogP contribution in [0.15, 0.2) is 0 Å². The first-order chi connectivity index (χ1) is 12.8. The first-order valence-electron chi connectivity index (χ1n) is 11.3. The van der Waals surface area contributed by atoms with Gasteiger partial charge in [0.25, 0.3) is 0 Å². The molecule has 0 rings (SSSR count). The van der Waals surface area contributed by atoms with E-state index in [0.29, 0.717) is 19.6 Å². The van der Waals surface area contributed by atoms with Crippen molar-refractivity contribution in [2.75, 3.05) is 26.3 Å². The summed E-state index contributed by atoms with van der Waals surface area (Å²) >= 11 is 0. The number of ether oxygens (including phenoxy) is 1. The second-order valence-corrected chi connectivity index (χ2v) is 7.39. The lowest BCUT2D eigenvalue weighted by atomic mass is 10.1. The number of nitrogens with one attached hydrogen (secondary N) is 1. The number of hydrogen-bond acceptors (Lipinski definition) is 4. The Morgan fingerprint density at radius 1 is 0.731 bits per heavy atom. The van der Waals surface area contributed by atoms with E-state index in [1.54, 1.807) is 0 Å². The predicted molar refractivity (Wildman–Crippen MR) is 110 cm³/mol. The number of esters is 1. The van der Waals surface area contributed by atoms with Crippen molar-refractivity contribution in [2.45, 2.75) is 110 Å². The van der Waals surface area contributed by atoms with Crippen LogP contribution in [-0.2, 0) is 9.53 Å².